The summed E-state index contributed by atoms with van der Waals surface area (Å²) in [5, 5.41) is 12.3. The van der Waals surface area contributed by atoms with Gasteiger partial charge in [-0.25, -0.2) is 0 Å². The van der Waals surface area contributed by atoms with Crippen molar-refractivity contribution >= 4 is 16.6 Å². The first-order valence-corrected chi connectivity index (χ1v) is 10.8. The highest BCUT2D eigenvalue weighted by molar-refractivity contribution is 5.85. The van der Waals surface area contributed by atoms with Crippen LogP contribution in [0.5, 0.6) is 0 Å². The van der Waals surface area contributed by atoms with Crippen molar-refractivity contribution in [2.75, 3.05) is 6.54 Å². The number of rotatable bonds is 6. The van der Waals surface area contributed by atoms with Gasteiger partial charge in [-0.1, -0.05) is 60.7 Å². The summed E-state index contributed by atoms with van der Waals surface area (Å²) in [6.07, 6.45) is 2.88. The normalized spacial score (nSPS) is 16.3. The van der Waals surface area contributed by atoms with Gasteiger partial charge in [0, 0.05) is 41.8 Å². The number of aromatic amines is 1. The van der Waals surface area contributed by atoms with Crippen molar-refractivity contribution in [3.05, 3.63) is 111 Å². The Morgan fingerprint density at radius 1 is 0.935 bits per heavy atom. The molecule has 1 N–H and O–H groups in total. The lowest BCUT2D eigenvalue weighted by Crippen LogP contribution is -2.35. The Kier molecular flexibility index (Phi) is 5.26. The maximum absolute atomic E-state index is 11.0. The number of nitro benzene ring substituents is 1. The van der Waals surface area contributed by atoms with Crippen molar-refractivity contribution in [2.45, 2.75) is 31.8 Å². The van der Waals surface area contributed by atoms with Gasteiger partial charge in [-0.2, -0.15) is 0 Å². The predicted octanol–water partition coefficient (Wildman–Crippen LogP) is 5.81. The summed E-state index contributed by atoms with van der Waals surface area (Å²) < 4.78 is 0. The summed E-state index contributed by atoms with van der Waals surface area (Å²) in [5.74, 6) is 0. The van der Waals surface area contributed by atoms with Gasteiger partial charge < -0.3 is 4.98 Å². The van der Waals surface area contributed by atoms with E-state index >= 15 is 0 Å². The molecule has 5 rings (SSSR count). The number of nitrogens with zero attached hydrogens (tertiary/aromatic N) is 2. The van der Waals surface area contributed by atoms with Crippen LogP contribution in [0.2, 0.25) is 0 Å². The molecule has 0 radical (unpaired) electrons. The zero-order chi connectivity index (χ0) is 21.2. The minimum atomic E-state index is -0.344. The molecule has 31 heavy (non-hydrogen) atoms. The lowest BCUT2D eigenvalue weighted by Gasteiger charge is -2.36. The Morgan fingerprint density at radius 2 is 1.68 bits per heavy atom. The number of H-pyrrole nitrogens is 1. The number of benzene rings is 3. The molecule has 0 aliphatic carbocycles. The van der Waals surface area contributed by atoms with Crippen LogP contribution in [0.25, 0.3) is 10.9 Å². The summed E-state index contributed by atoms with van der Waals surface area (Å²) in [6.45, 7) is 1.94. The lowest BCUT2D eigenvalue weighted by molar-refractivity contribution is -0.384. The van der Waals surface area contributed by atoms with Gasteiger partial charge in [0.1, 0.15) is 0 Å². The molecule has 0 spiro atoms. The average Bonchev–Trinajstić information content (AvgIpc) is 3.18. The molecular formula is C26H25N3O2. The number of hydrogen-bond acceptors (Lipinski definition) is 3. The van der Waals surface area contributed by atoms with Crippen LogP contribution < -0.4 is 0 Å². The summed E-state index contributed by atoms with van der Waals surface area (Å²) in [5.41, 5.74) is 6.56. The number of hydrogen-bond donors (Lipinski definition) is 1. The zero-order valence-corrected chi connectivity index (χ0v) is 17.3. The minimum Gasteiger partial charge on any atom is -0.357 e. The molecule has 5 heteroatoms. The van der Waals surface area contributed by atoms with Gasteiger partial charge in [0.05, 0.1) is 11.0 Å². The minimum absolute atomic E-state index is 0.144. The summed E-state index contributed by atoms with van der Waals surface area (Å²) in [4.78, 5) is 16.9. The van der Waals surface area contributed by atoms with Crippen LogP contribution in [0, 0.1) is 10.1 Å². The number of aromatic nitrogens is 1. The Balaban J connectivity index is 1.44. The van der Waals surface area contributed by atoms with Crippen LogP contribution in [0.15, 0.2) is 78.9 Å². The van der Waals surface area contributed by atoms with E-state index in [0.717, 1.165) is 37.9 Å². The third kappa shape index (κ3) is 3.97. The van der Waals surface area contributed by atoms with E-state index in [0.29, 0.717) is 0 Å². The largest absolute Gasteiger partial charge is 0.357 e. The standard InChI is InChI=1S/C26H25N3O2/c30-29(31)21-13-10-19(11-14-21)12-15-25-26-23(22-8-4-5-9-24(22)27-26)16-17-28(25)18-20-6-2-1-3-7-20/h1-11,13-14,25,27H,12,15-18H2. The number of para-hydroxylation sites is 1. The van der Waals surface area contributed by atoms with Gasteiger partial charge in [-0.05, 0) is 42.0 Å². The van der Waals surface area contributed by atoms with Crippen molar-refractivity contribution in [3.8, 4) is 0 Å². The maximum Gasteiger partial charge on any atom is 0.269 e. The molecule has 3 aromatic carbocycles. The molecule has 1 aromatic heterocycles. The number of fused-ring (bicyclic) bond motifs is 3. The lowest BCUT2D eigenvalue weighted by atomic mass is 9.92. The van der Waals surface area contributed by atoms with Gasteiger partial charge >= 0.3 is 0 Å². The molecule has 1 unspecified atom stereocenters. The fourth-order valence-corrected chi connectivity index (χ4v) is 4.79. The third-order valence-corrected chi connectivity index (χ3v) is 6.35. The first-order chi connectivity index (χ1) is 15.2. The molecule has 0 saturated carbocycles. The van der Waals surface area contributed by atoms with Crippen molar-refractivity contribution in [2.24, 2.45) is 0 Å². The first-order valence-electron chi connectivity index (χ1n) is 10.8. The van der Waals surface area contributed by atoms with Crippen molar-refractivity contribution in [3.63, 3.8) is 0 Å². The van der Waals surface area contributed by atoms with E-state index in [1.54, 1.807) is 12.1 Å². The summed E-state index contributed by atoms with van der Waals surface area (Å²) in [7, 11) is 0. The molecule has 1 aliphatic rings. The maximum atomic E-state index is 11.0. The van der Waals surface area contributed by atoms with E-state index in [2.05, 4.69) is 64.5 Å². The van der Waals surface area contributed by atoms with Crippen LogP contribution in [0.1, 0.15) is 34.8 Å². The Morgan fingerprint density at radius 3 is 2.45 bits per heavy atom. The fraction of sp³-hybridized carbons (Fsp3) is 0.231. The number of nitrogens with one attached hydrogen (secondary N) is 1. The predicted molar refractivity (Wildman–Crippen MR) is 123 cm³/mol. The van der Waals surface area contributed by atoms with Crippen LogP contribution in [-0.4, -0.2) is 21.4 Å². The van der Waals surface area contributed by atoms with Gasteiger partial charge in [0.25, 0.3) is 5.69 Å². The summed E-state index contributed by atoms with van der Waals surface area (Å²) in [6, 6.07) is 26.4. The van der Waals surface area contributed by atoms with E-state index in [-0.39, 0.29) is 16.7 Å². The van der Waals surface area contributed by atoms with E-state index in [9.17, 15) is 10.1 Å². The highest BCUT2D eigenvalue weighted by atomic mass is 16.6. The van der Waals surface area contributed by atoms with Crippen molar-refractivity contribution in [1.82, 2.24) is 9.88 Å². The highest BCUT2D eigenvalue weighted by Gasteiger charge is 2.30. The highest BCUT2D eigenvalue weighted by Crippen LogP contribution is 2.37. The molecule has 1 atom stereocenters. The fourth-order valence-electron chi connectivity index (χ4n) is 4.79. The second kappa shape index (κ2) is 8.36. The quantitative estimate of drug-likeness (QED) is 0.322. The molecule has 0 amide bonds. The van der Waals surface area contributed by atoms with E-state index in [1.807, 2.05) is 12.1 Å². The van der Waals surface area contributed by atoms with Gasteiger partial charge in [-0.3, -0.25) is 15.0 Å². The van der Waals surface area contributed by atoms with Crippen LogP contribution in [0.4, 0.5) is 5.69 Å². The summed E-state index contributed by atoms with van der Waals surface area (Å²) >= 11 is 0. The molecule has 4 aromatic rings. The van der Waals surface area contributed by atoms with E-state index < -0.39 is 0 Å². The van der Waals surface area contributed by atoms with Gasteiger partial charge in [0.15, 0.2) is 0 Å². The van der Waals surface area contributed by atoms with Gasteiger partial charge in [0.2, 0.25) is 0 Å². The van der Waals surface area contributed by atoms with Crippen molar-refractivity contribution in [1.29, 1.82) is 0 Å². The second-order valence-corrected chi connectivity index (χ2v) is 8.25. The molecule has 0 bridgehead atoms. The number of nitro groups is 1. The Bertz CT molecular complexity index is 1200. The third-order valence-electron chi connectivity index (χ3n) is 6.35. The van der Waals surface area contributed by atoms with E-state index in [1.165, 1.54) is 27.7 Å². The molecule has 2 heterocycles. The topological polar surface area (TPSA) is 62.2 Å². The van der Waals surface area contributed by atoms with Gasteiger partial charge in [-0.15, -0.1) is 0 Å². The van der Waals surface area contributed by atoms with Crippen LogP contribution >= 0.6 is 0 Å². The Labute approximate surface area is 181 Å². The molecule has 0 saturated heterocycles. The van der Waals surface area contributed by atoms with E-state index in [4.69, 9.17) is 0 Å². The Hall–Kier alpha value is -3.44. The zero-order valence-electron chi connectivity index (χ0n) is 17.3. The second-order valence-electron chi connectivity index (χ2n) is 8.25. The SMILES string of the molecule is O=[N+]([O-])c1ccc(CCC2c3[nH]c4ccccc4c3CCN2Cc2ccccc2)cc1. The molecule has 1 aliphatic heterocycles. The smallest absolute Gasteiger partial charge is 0.269 e. The molecule has 156 valence electrons. The molecular weight excluding hydrogens is 386 g/mol. The van der Waals surface area contributed by atoms with Crippen LogP contribution in [0.3, 0.4) is 0 Å². The van der Waals surface area contributed by atoms with Crippen LogP contribution in [-0.2, 0) is 19.4 Å². The average molecular weight is 412 g/mol. The monoisotopic (exact) mass is 411 g/mol. The molecule has 5 nitrogen and oxygen atoms in total. The molecule has 0 fully saturated rings. The van der Waals surface area contributed by atoms with Crippen molar-refractivity contribution < 1.29 is 4.92 Å². The first kappa shape index (κ1) is 19.5. The number of non-ortho nitro benzene ring substituents is 1. The number of aryl methyl sites for hydroxylation is 1.